The molecule has 0 atom stereocenters. The Morgan fingerprint density at radius 2 is 1.50 bits per heavy atom. The van der Waals surface area contributed by atoms with Crippen molar-refractivity contribution in [1.82, 2.24) is 5.43 Å². The van der Waals surface area contributed by atoms with Crippen molar-refractivity contribution in [2.75, 3.05) is 5.32 Å². The summed E-state index contributed by atoms with van der Waals surface area (Å²) in [5.41, 5.74) is 3.70. The van der Waals surface area contributed by atoms with Gasteiger partial charge in [-0.05, 0) is 36.4 Å². The van der Waals surface area contributed by atoms with Gasteiger partial charge in [0.05, 0.1) is 28.1 Å². The Hall–Kier alpha value is -3.64. The van der Waals surface area contributed by atoms with Crippen LogP contribution in [0.15, 0.2) is 77.9 Å². The van der Waals surface area contributed by atoms with Crippen LogP contribution in [0, 0.1) is 0 Å². The molecular formula is C21H16ClN3O3. The van der Waals surface area contributed by atoms with E-state index in [1.54, 1.807) is 66.7 Å². The lowest BCUT2D eigenvalue weighted by molar-refractivity contribution is 0.0956. The van der Waals surface area contributed by atoms with Gasteiger partial charge in [0.15, 0.2) is 0 Å². The topological polar surface area (TPSA) is 90.8 Å². The van der Waals surface area contributed by atoms with Crippen LogP contribution >= 0.6 is 11.6 Å². The lowest BCUT2D eigenvalue weighted by atomic mass is 10.1. The van der Waals surface area contributed by atoms with Crippen LogP contribution in [0.5, 0.6) is 5.75 Å². The van der Waals surface area contributed by atoms with Gasteiger partial charge in [-0.25, -0.2) is 5.43 Å². The quantitative estimate of drug-likeness (QED) is 0.451. The highest BCUT2D eigenvalue weighted by atomic mass is 35.5. The number of hydrogen-bond donors (Lipinski definition) is 3. The molecule has 0 radical (unpaired) electrons. The fourth-order valence-corrected chi connectivity index (χ4v) is 2.66. The first-order valence-electron chi connectivity index (χ1n) is 8.32. The second kappa shape index (κ2) is 8.83. The van der Waals surface area contributed by atoms with Gasteiger partial charge < -0.3 is 10.4 Å². The Bertz CT molecular complexity index is 1050. The molecule has 3 aromatic rings. The standard InChI is InChI=1S/C21H16ClN3O3/c22-17-10-4-2-8-15(17)20(27)24-18-11-5-3-9-16(18)21(28)25-23-13-14-7-1-6-12-19(14)26/h1-13,26H,(H,24,27)(H,25,28)/b23-13+. The number of anilines is 1. The number of para-hydroxylation sites is 2. The maximum absolute atomic E-state index is 12.5. The summed E-state index contributed by atoms with van der Waals surface area (Å²) in [6.45, 7) is 0. The van der Waals surface area contributed by atoms with Crippen molar-refractivity contribution in [1.29, 1.82) is 0 Å². The minimum Gasteiger partial charge on any atom is -0.507 e. The monoisotopic (exact) mass is 393 g/mol. The molecule has 3 aromatic carbocycles. The summed E-state index contributed by atoms with van der Waals surface area (Å²) in [7, 11) is 0. The Kier molecular flexibility index (Phi) is 6.04. The molecule has 6 nitrogen and oxygen atoms in total. The number of phenolic OH excluding ortho intramolecular Hbond substituents is 1. The molecule has 0 aliphatic rings. The SMILES string of the molecule is O=C(Nc1ccccc1C(=O)N/N=C/c1ccccc1O)c1ccccc1Cl. The maximum atomic E-state index is 12.5. The number of amides is 2. The molecule has 0 heterocycles. The molecule has 7 heteroatoms. The molecule has 140 valence electrons. The average Bonchev–Trinajstić information content (AvgIpc) is 2.70. The Labute approximate surface area is 166 Å². The number of carbonyl (C=O) groups is 2. The van der Waals surface area contributed by atoms with Crippen LogP contribution in [0.1, 0.15) is 26.3 Å². The van der Waals surface area contributed by atoms with Crippen LogP contribution in [0.25, 0.3) is 0 Å². The number of nitrogens with zero attached hydrogens (tertiary/aromatic N) is 1. The van der Waals surface area contributed by atoms with Crippen molar-refractivity contribution in [2.45, 2.75) is 0 Å². The number of carbonyl (C=O) groups excluding carboxylic acids is 2. The number of rotatable bonds is 5. The minimum atomic E-state index is -0.512. The second-order valence-electron chi connectivity index (χ2n) is 5.74. The Morgan fingerprint density at radius 1 is 0.857 bits per heavy atom. The number of halogens is 1. The van der Waals surface area contributed by atoms with Crippen molar-refractivity contribution in [3.8, 4) is 5.75 Å². The Morgan fingerprint density at radius 3 is 2.25 bits per heavy atom. The second-order valence-corrected chi connectivity index (χ2v) is 6.14. The van der Waals surface area contributed by atoms with Gasteiger partial charge in [0.2, 0.25) is 0 Å². The van der Waals surface area contributed by atoms with Gasteiger partial charge in [-0.2, -0.15) is 5.10 Å². The molecule has 3 rings (SSSR count). The molecule has 0 bridgehead atoms. The molecule has 0 spiro atoms. The van der Waals surface area contributed by atoms with Gasteiger partial charge in [0.25, 0.3) is 11.8 Å². The van der Waals surface area contributed by atoms with E-state index in [2.05, 4.69) is 15.8 Å². The third kappa shape index (κ3) is 4.55. The van der Waals surface area contributed by atoms with Gasteiger partial charge in [-0.15, -0.1) is 0 Å². The van der Waals surface area contributed by atoms with Crippen LogP contribution in [-0.2, 0) is 0 Å². The number of phenols is 1. The van der Waals surface area contributed by atoms with Gasteiger partial charge in [-0.3, -0.25) is 9.59 Å². The Balaban J connectivity index is 1.74. The highest BCUT2D eigenvalue weighted by molar-refractivity contribution is 6.34. The lowest BCUT2D eigenvalue weighted by Crippen LogP contribution is -2.21. The van der Waals surface area contributed by atoms with E-state index in [4.69, 9.17) is 11.6 Å². The molecule has 28 heavy (non-hydrogen) atoms. The zero-order valence-corrected chi connectivity index (χ0v) is 15.4. The minimum absolute atomic E-state index is 0.0490. The van der Waals surface area contributed by atoms with E-state index in [1.165, 1.54) is 12.3 Å². The van der Waals surface area contributed by atoms with Crippen molar-refractivity contribution >= 4 is 35.3 Å². The molecule has 3 N–H and O–H groups in total. The molecule has 0 saturated heterocycles. The summed E-state index contributed by atoms with van der Waals surface area (Å²) in [4.78, 5) is 24.9. The third-order valence-electron chi connectivity index (χ3n) is 3.84. The van der Waals surface area contributed by atoms with Crippen LogP contribution in [0.3, 0.4) is 0 Å². The highest BCUT2D eigenvalue weighted by Crippen LogP contribution is 2.20. The largest absolute Gasteiger partial charge is 0.507 e. The zero-order valence-electron chi connectivity index (χ0n) is 14.6. The smallest absolute Gasteiger partial charge is 0.273 e. The molecule has 0 aliphatic heterocycles. The van der Waals surface area contributed by atoms with E-state index >= 15 is 0 Å². The van der Waals surface area contributed by atoms with E-state index in [9.17, 15) is 14.7 Å². The van der Waals surface area contributed by atoms with Crippen molar-refractivity contribution in [3.05, 3.63) is 94.5 Å². The van der Waals surface area contributed by atoms with Crippen LogP contribution in [0.4, 0.5) is 5.69 Å². The molecule has 2 amide bonds. The molecular weight excluding hydrogens is 378 g/mol. The van der Waals surface area contributed by atoms with Gasteiger partial charge in [0, 0.05) is 5.56 Å². The summed E-state index contributed by atoms with van der Waals surface area (Å²) < 4.78 is 0. The number of hydrazone groups is 1. The summed E-state index contributed by atoms with van der Waals surface area (Å²) in [5.74, 6) is -0.891. The summed E-state index contributed by atoms with van der Waals surface area (Å²) in [6, 6.07) is 19.8. The van der Waals surface area contributed by atoms with Gasteiger partial charge >= 0.3 is 0 Å². The summed E-state index contributed by atoms with van der Waals surface area (Å²) >= 11 is 6.05. The normalized spacial score (nSPS) is 10.6. The van der Waals surface area contributed by atoms with Gasteiger partial charge in [-0.1, -0.05) is 48.0 Å². The average molecular weight is 394 g/mol. The van der Waals surface area contributed by atoms with Crippen molar-refractivity contribution < 1.29 is 14.7 Å². The summed E-state index contributed by atoms with van der Waals surface area (Å²) in [5, 5.41) is 16.6. The van der Waals surface area contributed by atoms with E-state index in [0.29, 0.717) is 21.8 Å². The fourth-order valence-electron chi connectivity index (χ4n) is 2.44. The number of hydrogen-bond acceptors (Lipinski definition) is 4. The first-order valence-corrected chi connectivity index (χ1v) is 8.70. The molecule has 0 aromatic heterocycles. The third-order valence-corrected chi connectivity index (χ3v) is 4.17. The lowest BCUT2D eigenvalue weighted by Gasteiger charge is -2.10. The molecule has 0 aliphatic carbocycles. The maximum Gasteiger partial charge on any atom is 0.273 e. The molecule has 0 fully saturated rings. The fraction of sp³-hybridized carbons (Fsp3) is 0. The predicted molar refractivity (Wildman–Crippen MR) is 109 cm³/mol. The summed E-state index contributed by atoms with van der Waals surface area (Å²) in [6.07, 6.45) is 1.33. The van der Waals surface area contributed by atoms with Crippen molar-refractivity contribution in [2.24, 2.45) is 5.10 Å². The zero-order chi connectivity index (χ0) is 19.9. The number of benzene rings is 3. The van der Waals surface area contributed by atoms with E-state index in [1.807, 2.05) is 0 Å². The predicted octanol–water partition coefficient (Wildman–Crippen LogP) is 4.06. The van der Waals surface area contributed by atoms with Crippen LogP contribution < -0.4 is 10.7 Å². The van der Waals surface area contributed by atoms with Crippen LogP contribution in [0.2, 0.25) is 5.02 Å². The first kappa shape index (κ1) is 19.1. The highest BCUT2D eigenvalue weighted by Gasteiger charge is 2.15. The van der Waals surface area contributed by atoms with Crippen molar-refractivity contribution in [3.63, 3.8) is 0 Å². The number of nitrogens with one attached hydrogen (secondary N) is 2. The first-order chi connectivity index (χ1) is 13.6. The molecule has 0 unspecified atom stereocenters. The molecule has 0 saturated carbocycles. The van der Waals surface area contributed by atoms with Gasteiger partial charge in [0.1, 0.15) is 5.75 Å². The van der Waals surface area contributed by atoms with E-state index < -0.39 is 11.8 Å². The number of aromatic hydroxyl groups is 1. The van der Waals surface area contributed by atoms with E-state index in [0.717, 1.165) is 0 Å². The van der Waals surface area contributed by atoms with Crippen LogP contribution in [-0.4, -0.2) is 23.1 Å². The van der Waals surface area contributed by atoms with E-state index in [-0.39, 0.29) is 11.3 Å².